The smallest absolute Gasteiger partial charge is 0.263 e. The molecule has 0 atom stereocenters. The van der Waals surface area contributed by atoms with Crippen LogP contribution in [-0.4, -0.2) is 75.3 Å². The first-order chi connectivity index (χ1) is 15.0. The lowest BCUT2D eigenvalue weighted by Gasteiger charge is -2.36. The molecule has 10 heteroatoms. The molecule has 1 aromatic carbocycles. The van der Waals surface area contributed by atoms with Crippen LogP contribution in [0, 0.1) is 0 Å². The number of rotatable bonds is 6. The van der Waals surface area contributed by atoms with Gasteiger partial charge in [-0.1, -0.05) is 18.2 Å². The van der Waals surface area contributed by atoms with Crippen LogP contribution >= 0.6 is 11.3 Å². The second-order valence-electron chi connectivity index (χ2n) is 7.61. The first-order valence-corrected chi connectivity index (χ1v) is 12.7. The van der Waals surface area contributed by atoms with E-state index >= 15 is 0 Å². The lowest BCUT2D eigenvalue weighted by Crippen LogP contribution is -2.51. The Bertz CT molecular complexity index is 1020. The normalized spacial score (nSPS) is 17.7. The highest BCUT2D eigenvalue weighted by molar-refractivity contribution is 7.89. The Balaban J connectivity index is 1.32. The molecule has 2 amide bonds. The molecule has 2 fully saturated rings. The van der Waals surface area contributed by atoms with Gasteiger partial charge in [-0.3, -0.25) is 9.59 Å². The monoisotopic (exact) mass is 462 g/mol. The van der Waals surface area contributed by atoms with Crippen molar-refractivity contribution >= 4 is 38.9 Å². The number of anilines is 1. The van der Waals surface area contributed by atoms with E-state index in [2.05, 4.69) is 10.2 Å². The number of nitrogens with one attached hydrogen (secondary N) is 1. The van der Waals surface area contributed by atoms with Crippen LogP contribution in [0.4, 0.5) is 5.69 Å². The van der Waals surface area contributed by atoms with E-state index in [1.54, 1.807) is 10.3 Å². The van der Waals surface area contributed by atoms with E-state index in [0.717, 1.165) is 43.0 Å². The molecular weight excluding hydrogens is 436 g/mol. The first kappa shape index (κ1) is 21.8. The molecule has 4 rings (SSSR count). The van der Waals surface area contributed by atoms with Crippen molar-refractivity contribution < 1.29 is 18.0 Å². The van der Waals surface area contributed by atoms with Crippen LogP contribution in [0.2, 0.25) is 0 Å². The van der Waals surface area contributed by atoms with Crippen molar-refractivity contribution in [3.05, 3.63) is 46.7 Å². The van der Waals surface area contributed by atoms with Crippen molar-refractivity contribution in [2.24, 2.45) is 0 Å². The summed E-state index contributed by atoms with van der Waals surface area (Å²) in [5.74, 6) is -0.689. The summed E-state index contributed by atoms with van der Waals surface area (Å²) in [5, 5.41) is 4.21. The largest absolute Gasteiger partial charge is 0.368 e. The Hall–Kier alpha value is -2.43. The second kappa shape index (κ2) is 9.37. The minimum absolute atomic E-state index is 0.0285. The van der Waals surface area contributed by atoms with Gasteiger partial charge in [-0.05, 0) is 36.4 Å². The van der Waals surface area contributed by atoms with Crippen LogP contribution in [-0.2, 0) is 14.8 Å². The highest BCUT2D eigenvalue weighted by Crippen LogP contribution is 2.27. The van der Waals surface area contributed by atoms with Gasteiger partial charge in [-0.25, -0.2) is 8.42 Å². The fourth-order valence-electron chi connectivity index (χ4n) is 3.93. The number of amides is 2. The highest BCUT2D eigenvalue weighted by Gasteiger charge is 2.32. The molecule has 2 aromatic rings. The molecule has 0 saturated carbocycles. The van der Waals surface area contributed by atoms with E-state index in [0.29, 0.717) is 26.2 Å². The first-order valence-electron chi connectivity index (χ1n) is 10.4. The lowest BCUT2D eigenvalue weighted by molar-refractivity contribution is -0.130. The quantitative estimate of drug-likeness (QED) is 0.705. The van der Waals surface area contributed by atoms with Crippen molar-refractivity contribution in [3.8, 4) is 0 Å². The number of thiophene rings is 1. The third-order valence-electron chi connectivity index (χ3n) is 5.67. The standard InChI is InChI=1S/C21H26N4O4S2/c26-19(24-13-11-23(12-14-24)17-6-2-1-3-7-17)16-22-21(27)20-18(8-15-30-20)31(28,29)25-9-4-5-10-25/h1-3,6-8,15H,4-5,9-14,16H2,(H,22,27). The van der Waals surface area contributed by atoms with Gasteiger partial charge in [-0.15, -0.1) is 11.3 Å². The van der Waals surface area contributed by atoms with Gasteiger partial charge in [0.2, 0.25) is 15.9 Å². The summed E-state index contributed by atoms with van der Waals surface area (Å²) in [7, 11) is -3.68. The van der Waals surface area contributed by atoms with Crippen molar-refractivity contribution in [1.82, 2.24) is 14.5 Å². The predicted octanol–water partition coefficient (Wildman–Crippen LogP) is 1.61. The molecule has 0 aliphatic carbocycles. The summed E-state index contributed by atoms with van der Waals surface area (Å²) in [6.45, 7) is 3.43. The number of benzene rings is 1. The fourth-order valence-corrected chi connectivity index (χ4v) is 6.77. The van der Waals surface area contributed by atoms with Crippen LogP contribution < -0.4 is 10.2 Å². The number of hydrogen-bond donors (Lipinski definition) is 1. The topological polar surface area (TPSA) is 90.0 Å². The molecule has 166 valence electrons. The van der Waals surface area contributed by atoms with Gasteiger partial charge in [0, 0.05) is 45.0 Å². The summed E-state index contributed by atoms with van der Waals surface area (Å²) in [5.41, 5.74) is 1.13. The van der Waals surface area contributed by atoms with Crippen molar-refractivity contribution in [3.63, 3.8) is 0 Å². The maximum absolute atomic E-state index is 12.8. The Kier molecular flexibility index (Phi) is 6.59. The van der Waals surface area contributed by atoms with E-state index in [9.17, 15) is 18.0 Å². The number of sulfonamides is 1. The van der Waals surface area contributed by atoms with Crippen LogP contribution in [0.25, 0.3) is 0 Å². The average molecular weight is 463 g/mol. The van der Waals surface area contributed by atoms with Gasteiger partial charge in [0.1, 0.15) is 9.77 Å². The van der Waals surface area contributed by atoms with Crippen molar-refractivity contribution in [2.45, 2.75) is 17.7 Å². The van der Waals surface area contributed by atoms with E-state index in [-0.39, 0.29) is 22.2 Å². The minimum atomic E-state index is -3.68. The number of piperazine rings is 1. The van der Waals surface area contributed by atoms with E-state index in [1.165, 1.54) is 10.4 Å². The van der Waals surface area contributed by atoms with Crippen LogP contribution in [0.3, 0.4) is 0 Å². The van der Waals surface area contributed by atoms with Crippen LogP contribution in [0.5, 0.6) is 0 Å². The molecule has 1 aromatic heterocycles. The molecule has 2 saturated heterocycles. The Morgan fingerprint density at radius 3 is 2.29 bits per heavy atom. The van der Waals surface area contributed by atoms with E-state index in [4.69, 9.17) is 0 Å². The summed E-state index contributed by atoms with van der Waals surface area (Å²) >= 11 is 1.08. The fraction of sp³-hybridized carbons (Fsp3) is 0.429. The minimum Gasteiger partial charge on any atom is -0.368 e. The molecule has 2 aliphatic rings. The molecule has 3 heterocycles. The Morgan fingerprint density at radius 2 is 1.61 bits per heavy atom. The molecule has 31 heavy (non-hydrogen) atoms. The second-order valence-corrected chi connectivity index (χ2v) is 10.4. The van der Waals surface area contributed by atoms with Gasteiger partial charge >= 0.3 is 0 Å². The zero-order valence-corrected chi connectivity index (χ0v) is 18.8. The number of nitrogens with zero attached hydrogens (tertiary/aromatic N) is 3. The number of para-hydroxylation sites is 1. The molecule has 0 bridgehead atoms. The lowest BCUT2D eigenvalue weighted by atomic mass is 10.2. The predicted molar refractivity (Wildman–Crippen MR) is 120 cm³/mol. The summed E-state index contributed by atoms with van der Waals surface area (Å²) < 4.78 is 27.1. The number of carbonyl (C=O) groups is 2. The zero-order valence-electron chi connectivity index (χ0n) is 17.2. The van der Waals surface area contributed by atoms with Crippen molar-refractivity contribution in [2.75, 3.05) is 50.7 Å². The van der Waals surface area contributed by atoms with E-state index < -0.39 is 15.9 Å². The summed E-state index contributed by atoms with van der Waals surface area (Å²) in [4.78, 5) is 29.3. The maximum Gasteiger partial charge on any atom is 0.263 e. The zero-order chi connectivity index (χ0) is 21.8. The number of carbonyl (C=O) groups excluding carboxylic acids is 2. The molecule has 0 spiro atoms. The highest BCUT2D eigenvalue weighted by atomic mass is 32.2. The third kappa shape index (κ3) is 4.76. The Morgan fingerprint density at radius 1 is 0.935 bits per heavy atom. The molecule has 2 aliphatic heterocycles. The molecule has 0 radical (unpaired) electrons. The van der Waals surface area contributed by atoms with Gasteiger partial charge in [-0.2, -0.15) is 4.31 Å². The third-order valence-corrected chi connectivity index (χ3v) is 8.66. The van der Waals surface area contributed by atoms with Gasteiger partial charge < -0.3 is 15.1 Å². The van der Waals surface area contributed by atoms with Gasteiger partial charge in [0.05, 0.1) is 6.54 Å². The SMILES string of the molecule is O=C(NCC(=O)N1CCN(c2ccccc2)CC1)c1sccc1S(=O)(=O)N1CCCC1. The maximum atomic E-state index is 12.8. The summed E-state index contributed by atoms with van der Waals surface area (Å²) in [6, 6.07) is 11.5. The van der Waals surface area contributed by atoms with Gasteiger partial charge in [0.25, 0.3) is 5.91 Å². The van der Waals surface area contributed by atoms with Crippen LogP contribution in [0.15, 0.2) is 46.7 Å². The Labute approximate surface area is 186 Å². The van der Waals surface area contributed by atoms with Crippen molar-refractivity contribution in [1.29, 1.82) is 0 Å². The summed E-state index contributed by atoms with van der Waals surface area (Å²) in [6.07, 6.45) is 1.66. The molecular formula is C21H26N4O4S2. The average Bonchev–Trinajstić information content (AvgIpc) is 3.51. The molecule has 8 nitrogen and oxygen atoms in total. The van der Waals surface area contributed by atoms with Gasteiger partial charge in [0.15, 0.2) is 0 Å². The molecule has 0 unspecified atom stereocenters. The number of hydrogen-bond acceptors (Lipinski definition) is 6. The van der Waals surface area contributed by atoms with Crippen LogP contribution in [0.1, 0.15) is 22.5 Å². The van der Waals surface area contributed by atoms with E-state index in [1.807, 2.05) is 30.3 Å². The molecule has 1 N–H and O–H groups in total.